The first-order chi connectivity index (χ1) is 21.1. The number of Topliss-reactive ketones (excluding diaryl/α,β-unsaturated/α-hetero) is 1. The van der Waals surface area contributed by atoms with Crippen molar-refractivity contribution in [2.75, 3.05) is 49.2 Å². The van der Waals surface area contributed by atoms with Crippen LogP contribution in [-0.4, -0.2) is 79.7 Å². The van der Waals surface area contributed by atoms with Gasteiger partial charge in [-0.05, 0) is 36.4 Å². The molecule has 0 radical (unpaired) electrons. The van der Waals surface area contributed by atoms with Crippen molar-refractivity contribution in [2.24, 2.45) is 0 Å². The van der Waals surface area contributed by atoms with E-state index in [4.69, 9.17) is 14.5 Å². The molecule has 0 unspecified atom stereocenters. The smallest absolute Gasteiger partial charge is 0.236 e. The third-order valence-corrected chi connectivity index (χ3v) is 8.64. The van der Waals surface area contributed by atoms with Gasteiger partial charge < -0.3 is 19.3 Å². The van der Waals surface area contributed by atoms with Gasteiger partial charge in [0, 0.05) is 64.3 Å². The van der Waals surface area contributed by atoms with E-state index in [1.807, 2.05) is 63.5 Å². The quantitative estimate of drug-likeness (QED) is 0.299. The monoisotopic (exact) mass is 576 g/mol. The number of hydrogen-bond acceptors (Lipinski definition) is 9. The molecule has 0 bridgehead atoms. The van der Waals surface area contributed by atoms with E-state index in [1.165, 1.54) is 0 Å². The zero-order valence-electron chi connectivity index (χ0n) is 23.8. The third-order valence-electron chi connectivity index (χ3n) is 8.64. The number of anilines is 2. The van der Waals surface area contributed by atoms with Crippen molar-refractivity contribution in [1.82, 2.24) is 28.7 Å². The minimum absolute atomic E-state index is 0.342. The van der Waals surface area contributed by atoms with E-state index in [9.17, 15) is 4.79 Å². The van der Waals surface area contributed by atoms with E-state index in [0.29, 0.717) is 37.6 Å². The molecule has 1 spiro atoms. The summed E-state index contributed by atoms with van der Waals surface area (Å²) >= 11 is 0. The van der Waals surface area contributed by atoms with Gasteiger partial charge in [-0.2, -0.15) is 9.97 Å². The maximum atomic E-state index is 11.3. The van der Waals surface area contributed by atoms with Crippen molar-refractivity contribution < 1.29 is 14.3 Å². The number of rotatable bonds is 2. The van der Waals surface area contributed by atoms with Gasteiger partial charge in [0.15, 0.2) is 5.79 Å². The summed E-state index contributed by atoms with van der Waals surface area (Å²) in [6.45, 7) is 4.72. The Kier molecular flexibility index (Phi) is 6.41. The van der Waals surface area contributed by atoms with Crippen LogP contribution in [0.4, 0.5) is 11.6 Å². The predicted molar refractivity (Wildman–Crippen MR) is 164 cm³/mol. The van der Waals surface area contributed by atoms with Gasteiger partial charge in [-0.15, -0.1) is 0 Å². The molecule has 11 heteroatoms. The van der Waals surface area contributed by atoms with Crippen LogP contribution in [0.5, 0.6) is 0 Å². The number of carbonyl (C=O) groups is 1. The van der Waals surface area contributed by atoms with Gasteiger partial charge in [0.05, 0.1) is 35.3 Å². The molecule has 43 heavy (non-hydrogen) atoms. The van der Waals surface area contributed by atoms with Crippen LogP contribution in [0, 0.1) is 0 Å². The molecule has 9 rings (SSSR count). The van der Waals surface area contributed by atoms with Gasteiger partial charge in [0.25, 0.3) is 0 Å². The molecule has 11 nitrogen and oxygen atoms in total. The molecule has 0 amide bonds. The summed E-state index contributed by atoms with van der Waals surface area (Å²) < 4.78 is 15.6. The fourth-order valence-electron chi connectivity index (χ4n) is 6.28. The molecule has 0 atom stereocenters. The van der Waals surface area contributed by atoms with Crippen LogP contribution in [-0.2, 0) is 14.3 Å². The molecular formula is C32H32N8O3. The molecule has 0 aliphatic carbocycles. The Balaban J connectivity index is 0.000000131. The highest BCUT2D eigenvalue weighted by Crippen LogP contribution is 2.33. The highest BCUT2D eigenvalue weighted by molar-refractivity contribution is 5.82. The van der Waals surface area contributed by atoms with E-state index in [-0.39, 0.29) is 5.79 Å². The molecule has 2 aromatic carbocycles. The summed E-state index contributed by atoms with van der Waals surface area (Å²) in [5.41, 5.74) is 4.08. The van der Waals surface area contributed by atoms with Crippen LogP contribution >= 0.6 is 0 Å². The van der Waals surface area contributed by atoms with E-state index in [1.54, 1.807) is 0 Å². The van der Waals surface area contributed by atoms with Crippen LogP contribution < -0.4 is 9.80 Å². The number of piperidine rings is 2. The topological polar surface area (TPSA) is 102 Å². The Morgan fingerprint density at radius 3 is 1.63 bits per heavy atom. The summed E-state index contributed by atoms with van der Waals surface area (Å²) in [7, 11) is 0. The van der Waals surface area contributed by atoms with E-state index in [2.05, 4.69) is 43.1 Å². The van der Waals surface area contributed by atoms with Crippen molar-refractivity contribution in [2.45, 2.75) is 31.5 Å². The first-order valence-electron chi connectivity index (χ1n) is 14.9. The minimum atomic E-state index is -0.345. The number of nitrogens with zero attached hydrogens (tertiary/aromatic N) is 8. The maximum Gasteiger partial charge on any atom is 0.236 e. The summed E-state index contributed by atoms with van der Waals surface area (Å²) in [5, 5.41) is 0. The third kappa shape index (κ3) is 4.84. The van der Waals surface area contributed by atoms with Crippen molar-refractivity contribution in [3.05, 3.63) is 73.1 Å². The lowest BCUT2D eigenvalue weighted by Crippen LogP contribution is -2.45. The number of aromatic nitrogens is 6. The molecule has 3 fully saturated rings. The zero-order valence-corrected chi connectivity index (χ0v) is 23.8. The van der Waals surface area contributed by atoms with Crippen molar-refractivity contribution in [3.63, 3.8) is 0 Å². The lowest BCUT2D eigenvalue weighted by atomic mass is 10.0. The number of benzene rings is 2. The Morgan fingerprint density at radius 2 is 1.09 bits per heavy atom. The fraction of sp³-hybridized carbons (Fsp3) is 0.344. The Labute approximate surface area is 247 Å². The molecule has 3 aliphatic heterocycles. The van der Waals surface area contributed by atoms with Crippen LogP contribution in [0.15, 0.2) is 73.1 Å². The van der Waals surface area contributed by atoms with Crippen molar-refractivity contribution in [3.8, 4) is 0 Å². The summed E-state index contributed by atoms with van der Waals surface area (Å²) in [4.78, 5) is 34.3. The van der Waals surface area contributed by atoms with Gasteiger partial charge in [-0.25, -0.2) is 9.97 Å². The Bertz CT molecular complexity index is 1940. The first-order valence-corrected chi connectivity index (χ1v) is 14.9. The van der Waals surface area contributed by atoms with Gasteiger partial charge in [0.1, 0.15) is 17.4 Å². The average Bonchev–Trinajstić information content (AvgIpc) is 3.77. The van der Waals surface area contributed by atoms with Crippen LogP contribution in [0.2, 0.25) is 0 Å². The molecule has 0 saturated carbocycles. The molecule has 0 N–H and O–H groups in total. The van der Waals surface area contributed by atoms with Crippen LogP contribution in [0.3, 0.4) is 0 Å². The summed E-state index contributed by atoms with van der Waals surface area (Å²) in [6.07, 6.45) is 7.06. The molecule has 218 valence electrons. The zero-order chi connectivity index (χ0) is 28.8. The molecule has 3 aliphatic rings. The second-order valence-electron chi connectivity index (χ2n) is 11.2. The van der Waals surface area contributed by atoms with Gasteiger partial charge in [0.2, 0.25) is 11.6 Å². The fourth-order valence-corrected chi connectivity index (χ4v) is 6.28. The van der Waals surface area contributed by atoms with Gasteiger partial charge in [-0.3, -0.25) is 13.6 Å². The highest BCUT2D eigenvalue weighted by Gasteiger charge is 2.40. The van der Waals surface area contributed by atoms with E-state index < -0.39 is 0 Å². The first kappa shape index (κ1) is 26.1. The SMILES string of the molecule is O=C1CCN(c2ccn3c(n2)nc2ccccc23)CC1.c1ccc2c(c1)nc1nc(N3CCC4(CC3)OCCO4)ccn12. The maximum absolute atomic E-state index is 11.3. The second-order valence-corrected chi connectivity index (χ2v) is 11.2. The van der Waals surface area contributed by atoms with Gasteiger partial charge in [-0.1, -0.05) is 24.3 Å². The lowest BCUT2D eigenvalue weighted by molar-refractivity contribution is -0.169. The number of fused-ring (bicyclic) bond motifs is 6. The molecular weight excluding hydrogens is 544 g/mol. The average molecular weight is 577 g/mol. The number of imidazole rings is 2. The largest absolute Gasteiger partial charge is 0.356 e. The van der Waals surface area contributed by atoms with E-state index >= 15 is 0 Å². The molecule has 7 heterocycles. The van der Waals surface area contributed by atoms with E-state index in [0.717, 1.165) is 78.5 Å². The second kappa shape index (κ2) is 10.6. The molecule has 6 aromatic rings. The standard InChI is InChI=1S/C17H18N4O2.C15H14N4O/c1-2-4-14-13(3-1)18-16-19-15(5-8-21(14)16)20-9-6-17(7-10-20)22-11-12-23-17;20-11-5-8-18(9-6-11)14-7-10-19-13-4-2-1-3-12(13)16-15(19)17-14/h1-5,8H,6-7,9-12H2;1-4,7,10H,5-6,8-9H2. The van der Waals surface area contributed by atoms with Crippen molar-refractivity contribution in [1.29, 1.82) is 0 Å². The van der Waals surface area contributed by atoms with Crippen molar-refractivity contribution >= 4 is 51.0 Å². The van der Waals surface area contributed by atoms with Crippen LogP contribution in [0.25, 0.3) is 33.6 Å². The van der Waals surface area contributed by atoms with Crippen LogP contribution in [0.1, 0.15) is 25.7 Å². The summed E-state index contributed by atoms with van der Waals surface area (Å²) in [6, 6.07) is 20.2. The Morgan fingerprint density at radius 1 is 0.605 bits per heavy atom. The normalized spacial score (nSPS) is 18.7. The number of carbonyl (C=O) groups excluding carboxylic acids is 1. The number of para-hydroxylation sites is 4. The lowest BCUT2D eigenvalue weighted by Gasteiger charge is -2.38. The highest BCUT2D eigenvalue weighted by atomic mass is 16.7. The number of hydrogen-bond donors (Lipinski definition) is 0. The number of ketones is 1. The summed E-state index contributed by atoms with van der Waals surface area (Å²) in [5.74, 6) is 3.33. The number of ether oxygens (including phenoxy) is 2. The minimum Gasteiger partial charge on any atom is -0.356 e. The molecule has 3 saturated heterocycles. The Hall–Kier alpha value is -4.61. The van der Waals surface area contributed by atoms with Gasteiger partial charge >= 0.3 is 0 Å². The predicted octanol–water partition coefficient (Wildman–Crippen LogP) is 4.28. The molecule has 4 aromatic heterocycles.